The lowest BCUT2D eigenvalue weighted by Gasteiger charge is -2.29. The third kappa shape index (κ3) is 4.11. The lowest BCUT2D eigenvalue weighted by molar-refractivity contribution is -0.115. The lowest BCUT2D eigenvalue weighted by Crippen LogP contribution is -2.41. The van der Waals surface area contributed by atoms with Crippen LogP contribution in [0.3, 0.4) is 0 Å². The topological polar surface area (TPSA) is 76.5 Å². The Labute approximate surface area is 152 Å². The highest BCUT2D eigenvalue weighted by molar-refractivity contribution is 5.95. The third-order valence-corrected chi connectivity index (χ3v) is 4.40. The molecule has 1 saturated heterocycles. The average Bonchev–Trinajstić information content (AvgIpc) is 2.65. The summed E-state index contributed by atoms with van der Waals surface area (Å²) >= 11 is 0. The van der Waals surface area contributed by atoms with Crippen LogP contribution >= 0.6 is 0 Å². The van der Waals surface area contributed by atoms with Crippen LogP contribution in [0.5, 0.6) is 0 Å². The molecule has 3 rings (SSSR count). The van der Waals surface area contributed by atoms with E-state index in [1.165, 1.54) is 4.68 Å². The van der Waals surface area contributed by atoms with Gasteiger partial charge >= 0.3 is 0 Å². The Morgan fingerprint density at radius 3 is 2.58 bits per heavy atom. The second-order valence-electron chi connectivity index (χ2n) is 6.34. The molecule has 1 N–H and O–H groups in total. The fourth-order valence-electron chi connectivity index (χ4n) is 2.97. The molecule has 26 heavy (non-hydrogen) atoms. The number of hydrogen-bond acceptors (Lipinski definition) is 5. The van der Waals surface area contributed by atoms with Crippen molar-refractivity contribution in [1.29, 1.82) is 0 Å². The molecule has 1 amide bonds. The standard InChI is InChI=1S/C19H24N4O3/c1-3-23-19(25)18(22-8-10-26-11-9-22)16(13-20-23)21-17(24)12-15-6-4-14(2)5-7-15/h4-7,13H,3,8-12H2,1-2H3,(H,21,24). The van der Waals surface area contributed by atoms with E-state index < -0.39 is 0 Å². The van der Waals surface area contributed by atoms with Gasteiger partial charge < -0.3 is 15.0 Å². The number of hydrogen-bond donors (Lipinski definition) is 1. The molecule has 1 fully saturated rings. The van der Waals surface area contributed by atoms with E-state index >= 15 is 0 Å². The highest BCUT2D eigenvalue weighted by atomic mass is 16.5. The van der Waals surface area contributed by atoms with Gasteiger partial charge in [-0.05, 0) is 19.4 Å². The van der Waals surface area contributed by atoms with E-state index in [1.807, 2.05) is 43.0 Å². The van der Waals surface area contributed by atoms with Crippen LogP contribution < -0.4 is 15.8 Å². The number of carbonyl (C=O) groups excluding carboxylic acids is 1. The molecule has 1 aliphatic heterocycles. The Bertz CT molecular complexity index is 824. The lowest BCUT2D eigenvalue weighted by atomic mass is 10.1. The first kappa shape index (κ1) is 18.1. The molecule has 0 atom stereocenters. The number of morpholine rings is 1. The summed E-state index contributed by atoms with van der Waals surface area (Å²) in [5.74, 6) is -0.168. The van der Waals surface area contributed by atoms with Gasteiger partial charge in [0.05, 0.1) is 31.5 Å². The maximum Gasteiger partial charge on any atom is 0.292 e. The van der Waals surface area contributed by atoms with Crippen molar-refractivity contribution in [3.05, 3.63) is 51.9 Å². The van der Waals surface area contributed by atoms with E-state index in [-0.39, 0.29) is 17.9 Å². The molecule has 7 nitrogen and oxygen atoms in total. The summed E-state index contributed by atoms with van der Waals surface area (Å²) in [6.45, 7) is 6.71. The van der Waals surface area contributed by atoms with Gasteiger partial charge in [-0.25, -0.2) is 4.68 Å². The van der Waals surface area contributed by atoms with Gasteiger partial charge in [-0.3, -0.25) is 9.59 Å². The summed E-state index contributed by atoms with van der Waals surface area (Å²) < 4.78 is 6.78. The molecule has 1 aromatic carbocycles. The molecule has 1 aliphatic rings. The number of rotatable bonds is 5. The molecule has 138 valence electrons. The number of amides is 1. The number of aromatic nitrogens is 2. The third-order valence-electron chi connectivity index (χ3n) is 4.40. The van der Waals surface area contributed by atoms with Crippen molar-refractivity contribution in [1.82, 2.24) is 9.78 Å². The largest absolute Gasteiger partial charge is 0.378 e. The summed E-state index contributed by atoms with van der Waals surface area (Å²) in [5.41, 5.74) is 2.83. The van der Waals surface area contributed by atoms with Gasteiger partial charge in [-0.2, -0.15) is 5.10 Å². The maximum absolute atomic E-state index is 12.8. The predicted molar refractivity (Wildman–Crippen MR) is 101 cm³/mol. The zero-order valence-corrected chi connectivity index (χ0v) is 15.2. The molecule has 2 heterocycles. The van der Waals surface area contributed by atoms with Crippen LogP contribution in [-0.4, -0.2) is 42.0 Å². The quantitative estimate of drug-likeness (QED) is 0.880. The minimum Gasteiger partial charge on any atom is -0.378 e. The summed E-state index contributed by atoms with van der Waals surface area (Å²) in [7, 11) is 0. The fourth-order valence-corrected chi connectivity index (χ4v) is 2.97. The molecule has 0 aliphatic carbocycles. The average molecular weight is 356 g/mol. The highest BCUT2D eigenvalue weighted by Gasteiger charge is 2.21. The smallest absolute Gasteiger partial charge is 0.292 e. The summed E-state index contributed by atoms with van der Waals surface area (Å²) in [4.78, 5) is 27.2. The van der Waals surface area contributed by atoms with E-state index in [0.717, 1.165) is 11.1 Å². The van der Waals surface area contributed by atoms with Gasteiger partial charge in [0.25, 0.3) is 5.56 Å². The first-order chi connectivity index (χ1) is 12.6. The second-order valence-corrected chi connectivity index (χ2v) is 6.34. The number of anilines is 2. The Morgan fingerprint density at radius 2 is 1.92 bits per heavy atom. The van der Waals surface area contributed by atoms with Crippen molar-refractivity contribution in [2.24, 2.45) is 0 Å². The van der Waals surface area contributed by atoms with Crippen LogP contribution in [0, 0.1) is 6.92 Å². The van der Waals surface area contributed by atoms with Crippen LogP contribution in [0.15, 0.2) is 35.3 Å². The van der Waals surface area contributed by atoms with Crippen molar-refractivity contribution < 1.29 is 9.53 Å². The molecule has 0 unspecified atom stereocenters. The van der Waals surface area contributed by atoms with Crippen molar-refractivity contribution in [2.75, 3.05) is 36.5 Å². The predicted octanol–water partition coefficient (Wildman–Crippen LogP) is 1.59. The first-order valence-corrected chi connectivity index (χ1v) is 8.86. The van der Waals surface area contributed by atoms with Crippen LogP contribution in [0.2, 0.25) is 0 Å². The molecule has 0 saturated carbocycles. The molecule has 0 bridgehead atoms. The number of benzene rings is 1. The van der Waals surface area contributed by atoms with Crippen molar-refractivity contribution in [3.63, 3.8) is 0 Å². The fraction of sp³-hybridized carbons (Fsp3) is 0.421. The van der Waals surface area contributed by atoms with Gasteiger partial charge in [0.2, 0.25) is 5.91 Å². The van der Waals surface area contributed by atoms with Crippen LogP contribution in [0.4, 0.5) is 11.4 Å². The van der Waals surface area contributed by atoms with E-state index in [0.29, 0.717) is 44.2 Å². The molecule has 7 heteroatoms. The SMILES string of the molecule is CCn1ncc(NC(=O)Cc2ccc(C)cc2)c(N2CCOCC2)c1=O. The van der Waals surface area contributed by atoms with Gasteiger partial charge in [0.1, 0.15) is 5.69 Å². The van der Waals surface area contributed by atoms with Crippen molar-refractivity contribution in [3.8, 4) is 0 Å². The van der Waals surface area contributed by atoms with E-state index in [1.54, 1.807) is 6.20 Å². The maximum atomic E-state index is 12.8. The normalized spacial score (nSPS) is 14.3. The van der Waals surface area contributed by atoms with Gasteiger partial charge in [0, 0.05) is 19.6 Å². The first-order valence-electron chi connectivity index (χ1n) is 8.86. The highest BCUT2D eigenvalue weighted by Crippen LogP contribution is 2.22. The summed E-state index contributed by atoms with van der Waals surface area (Å²) in [6.07, 6.45) is 1.81. The molecule has 1 aromatic heterocycles. The van der Waals surface area contributed by atoms with E-state index in [4.69, 9.17) is 4.74 Å². The minimum absolute atomic E-state index is 0.168. The molecule has 0 radical (unpaired) electrons. The number of nitrogens with zero attached hydrogens (tertiary/aromatic N) is 3. The van der Waals surface area contributed by atoms with Crippen molar-refractivity contribution in [2.45, 2.75) is 26.8 Å². The van der Waals surface area contributed by atoms with Gasteiger partial charge in [0.15, 0.2) is 0 Å². The number of ether oxygens (including phenoxy) is 1. The second kappa shape index (κ2) is 8.14. The number of carbonyl (C=O) groups is 1. The number of aryl methyl sites for hydroxylation is 2. The molecule has 2 aromatic rings. The number of nitrogens with one attached hydrogen (secondary N) is 1. The molecular weight excluding hydrogens is 332 g/mol. The molecule has 0 spiro atoms. The summed E-state index contributed by atoms with van der Waals surface area (Å²) in [6, 6.07) is 7.83. The van der Waals surface area contributed by atoms with Crippen LogP contribution in [0.25, 0.3) is 0 Å². The van der Waals surface area contributed by atoms with Gasteiger partial charge in [-0.15, -0.1) is 0 Å². The minimum atomic E-state index is -0.192. The van der Waals surface area contributed by atoms with Gasteiger partial charge in [-0.1, -0.05) is 29.8 Å². The summed E-state index contributed by atoms with van der Waals surface area (Å²) in [5, 5.41) is 7.02. The zero-order chi connectivity index (χ0) is 18.5. The van der Waals surface area contributed by atoms with Crippen LogP contribution in [0.1, 0.15) is 18.1 Å². The Morgan fingerprint density at radius 1 is 1.23 bits per heavy atom. The zero-order valence-electron chi connectivity index (χ0n) is 15.2. The monoisotopic (exact) mass is 356 g/mol. The van der Waals surface area contributed by atoms with E-state index in [2.05, 4.69) is 10.4 Å². The van der Waals surface area contributed by atoms with Crippen LogP contribution in [-0.2, 0) is 22.5 Å². The Balaban J connectivity index is 1.84. The Kier molecular flexibility index (Phi) is 5.68. The van der Waals surface area contributed by atoms with Crippen molar-refractivity contribution >= 4 is 17.3 Å². The Hall–Kier alpha value is -2.67. The van der Waals surface area contributed by atoms with E-state index in [9.17, 15) is 9.59 Å². The molecular formula is C19H24N4O3.